The van der Waals surface area contributed by atoms with E-state index in [1.807, 2.05) is 0 Å². The van der Waals surface area contributed by atoms with Crippen LogP contribution in [0.2, 0.25) is 0 Å². The first-order valence-corrected chi connectivity index (χ1v) is 6.14. The molecule has 2 heterocycles. The second-order valence-corrected chi connectivity index (χ2v) is 4.93. The molecule has 0 spiro atoms. The van der Waals surface area contributed by atoms with Crippen molar-refractivity contribution in [3.05, 3.63) is 35.2 Å². The van der Waals surface area contributed by atoms with Crippen LogP contribution in [0, 0.1) is 23.3 Å². The average molecular weight is 342 g/mol. The van der Waals surface area contributed by atoms with Gasteiger partial charge in [0, 0.05) is 0 Å². The third-order valence-electron chi connectivity index (χ3n) is 2.58. The Hall–Kier alpha value is -2.24. The van der Waals surface area contributed by atoms with Crippen LogP contribution in [0.25, 0.3) is 15.5 Å². The van der Waals surface area contributed by atoms with Gasteiger partial charge in [-0.25, -0.2) is 17.6 Å². The van der Waals surface area contributed by atoms with Gasteiger partial charge >= 0.3 is 6.18 Å². The number of hydrogen-bond donors (Lipinski definition) is 0. The zero-order chi connectivity index (χ0) is 16.2. The molecular weight excluding hydrogens is 341 g/mol. The quantitative estimate of drug-likeness (QED) is 0.387. The molecule has 0 radical (unpaired) electrons. The van der Waals surface area contributed by atoms with Gasteiger partial charge in [-0.15, -0.1) is 10.2 Å². The molecule has 4 nitrogen and oxygen atoms in total. The van der Waals surface area contributed by atoms with Crippen molar-refractivity contribution < 1.29 is 30.7 Å². The van der Waals surface area contributed by atoms with Crippen molar-refractivity contribution in [2.75, 3.05) is 0 Å². The van der Waals surface area contributed by atoms with Gasteiger partial charge in [-0.05, 0) is 6.07 Å². The van der Waals surface area contributed by atoms with Crippen LogP contribution in [-0.4, -0.2) is 19.8 Å². The summed E-state index contributed by atoms with van der Waals surface area (Å²) in [6, 6.07) is 0.298. The van der Waals surface area contributed by atoms with E-state index in [4.69, 9.17) is 0 Å². The molecule has 0 amide bonds. The lowest BCUT2D eigenvalue weighted by Crippen LogP contribution is -2.11. The van der Waals surface area contributed by atoms with Crippen LogP contribution in [0.4, 0.5) is 30.7 Å². The number of alkyl halides is 3. The van der Waals surface area contributed by atoms with E-state index in [1.165, 1.54) is 0 Å². The number of rotatable bonds is 1. The largest absolute Gasteiger partial charge is 0.453 e. The minimum Gasteiger partial charge on any atom is -0.204 e. The van der Waals surface area contributed by atoms with Gasteiger partial charge < -0.3 is 0 Å². The van der Waals surface area contributed by atoms with Gasteiger partial charge in [0.15, 0.2) is 28.3 Å². The highest BCUT2D eigenvalue weighted by Crippen LogP contribution is 2.34. The molecule has 0 unspecified atom stereocenters. The summed E-state index contributed by atoms with van der Waals surface area (Å²) in [4.78, 5) is -0.369. The van der Waals surface area contributed by atoms with Gasteiger partial charge in [-0.3, -0.25) is 0 Å². The topological polar surface area (TPSA) is 43.1 Å². The normalized spacial score (nSPS) is 12.3. The molecular formula is C10HF7N4S. The van der Waals surface area contributed by atoms with Crippen molar-refractivity contribution in [3.63, 3.8) is 0 Å². The Morgan fingerprint density at radius 3 is 2.27 bits per heavy atom. The first-order valence-electron chi connectivity index (χ1n) is 5.33. The van der Waals surface area contributed by atoms with Gasteiger partial charge in [-0.1, -0.05) is 11.3 Å². The average Bonchev–Trinajstić information content (AvgIpc) is 2.99. The van der Waals surface area contributed by atoms with E-state index in [9.17, 15) is 30.7 Å². The molecule has 116 valence electrons. The minimum absolute atomic E-state index is 0.263. The second kappa shape index (κ2) is 4.63. The Labute approximate surface area is 119 Å². The maximum absolute atomic E-state index is 13.6. The summed E-state index contributed by atoms with van der Waals surface area (Å²) in [6.45, 7) is 0. The zero-order valence-electron chi connectivity index (χ0n) is 9.92. The fraction of sp³-hybridized carbons (Fsp3) is 0.100. The fourth-order valence-electron chi connectivity index (χ4n) is 1.63. The summed E-state index contributed by atoms with van der Waals surface area (Å²) in [5, 5.41) is 8.92. The molecule has 3 rings (SSSR count). The Morgan fingerprint density at radius 2 is 1.64 bits per heavy atom. The Morgan fingerprint density at radius 1 is 0.955 bits per heavy atom. The van der Waals surface area contributed by atoms with E-state index in [2.05, 4.69) is 15.3 Å². The van der Waals surface area contributed by atoms with E-state index < -0.39 is 45.8 Å². The number of hydrogen-bond acceptors (Lipinski definition) is 4. The predicted octanol–water partition coefficient (Wildman–Crippen LogP) is 3.43. The molecule has 1 aromatic carbocycles. The third kappa shape index (κ3) is 2.10. The molecule has 0 aliphatic rings. The van der Waals surface area contributed by atoms with Crippen molar-refractivity contribution in [2.24, 2.45) is 0 Å². The van der Waals surface area contributed by atoms with Gasteiger partial charge in [0.05, 0.1) is 5.56 Å². The Kier molecular flexibility index (Phi) is 3.09. The van der Waals surface area contributed by atoms with E-state index in [1.54, 1.807) is 0 Å². The van der Waals surface area contributed by atoms with Crippen molar-refractivity contribution in [3.8, 4) is 10.6 Å². The maximum atomic E-state index is 13.6. The highest BCUT2D eigenvalue weighted by molar-refractivity contribution is 7.19. The number of nitrogens with zero attached hydrogens (tertiary/aromatic N) is 4. The first-order chi connectivity index (χ1) is 10.2. The van der Waals surface area contributed by atoms with Crippen LogP contribution in [0.3, 0.4) is 0 Å². The van der Waals surface area contributed by atoms with E-state index in [-0.39, 0.29) is 9.48 Å². The lowest BCUT2D eigenvalue weighted by atomic mass is 10.2. The number of aromatic nitrogens is 4. The third-order valence-corrected chi connectivity index (χ3v) is 3.51. The smallest absolute Gasteiger partial charge is 0.204 e. The van der Waals surface area contributed by atoms with Crippen LogP contribution in [0.1, 0.15) is 5.82 Å². The summed E-state index contributed by atoms with van der Waals surface area (Å²) in [5.74, 6) is -9.06. The number of fused-ring (bicyclic) bond motifs is 1. The zero-order valence-corrected chi connectivity index (χ0v) is 10.7. The van der Waals surface area contributed by atoms with Gasteiger partial charge in [0.1, 0.15) is 0 Å². The highest BCUT2D eigenvalue weighted by atomic mass is 32.1. The molecule has 0 atom stereocenters. The molecule has 0 saturated heterocycles. The van der Waals surface area contributed by atoms with Crippen LogP contribution >= 0.6 is 11.3 Å². The van der Waals surface area contributed by atoms with Crippen molar-refractivity contribution in [2.45, 2.75) is 6.18 Å². The minimum atomic E-state index is -4.87. The molecule has 0 saturated carbocycles. The summed E-state index contributed by atoms with van der Waals surface area (Å²) in [5.41, 5.74) is -0.819. The summed E-state index contributed by atoms with van der Waals surface area (Å²) < 4.78 is 90.9. The molecule has 0 fully saturated rings. The Bertz CT molecular complexity index is 882. The predicted molar refractivity (Wildman–Crippen MR) is 58.9 cm³/mol. The molecule has 2 aromatic heterocycles. The van der Waals surface area contributed by atoms with Gasteiger partial charge in [0.25, 0.3) is 5.82 Å². The molecule has 0 bridgehead atoms. The molecule has 0 aliphatic heterocycles. The fourth-order valence-corrected chi connectivity index (χ4v) is 2.48. The molecule has 12 heteroatoms. The monoisotopic (exact) mass is 342 g/mol. The van der Waals surface area contributed by atoms with E-state index in [0.29, 0.717) is 17.4 Å². The standard InChI is InChI=1S/C10HF7N4S/c11-3-1-2(4(12)6(14)5(3)13)7-20-21-8(10(15,16)17)18-19-9(21)22-7/h1H. The number of halogens is 7. The Balaban J connectivity index is 2.22. The summed E-state index contributed by atoms with van der Waals surface area (Å²) >= 11 is 0.407. The van der Waals surface area contributed by atoms with Crippen LogP contribution in [-0.2, 0) is 6.18 Å². The van der Waals surface area contributed by atoms with Crippen molar-refractivity contribution >= 4 is 16.3 Å². The van der Waals surface area contributed by atoms with Crippen molar-refractivity contribution in [1.29, 1.82) is 0 Å². The summed E-state index contributed by atoms with van der Waals surface area (Å²) in [7, 11) is 0. The lowest BCUT2D eigenvalue weighted by Gasteiger charge is -2.03. The van der Waals surface area contributed by atoms with Crippen LogP contribution in [0.5, 0.6) is 0 Å². The molecule has 3 aromatic rings. The maximum Gasteiger partial charge on any atom is 0.453 e. The molecule has 0 N–H and O–H groups in total. The summed E-state index contributed by atoms with van der Waals surface area (Å²) in [6.07, 6.45) is -4.87. The molecule has 0 aliphatic carbocycles. The van der Waals surface area contributed by atoms with E-state index >= 15 is 0 Å². The van der Waals surface area contributed by atoms with E-state index in [0.717, 1.165) is 0 Å². The first kappa shape index (κ1) is 14.7. The van der Waals surface area contributed by atoms with Crippen LogP contribution < -0.4 is 0 Å². The lowest BCUT2D eigenvalue weighted by molar-refractivity contribution is -0.146. The second-order valence-electron chi connectivity index (χ2n) is 3.97. The molecule has 22 heavy (non-hydrogen) atoms. The highest BCUT2D eigenvalue weighted by Gasteiger charge is 2.38. The number of benzene rings is 1. The van der Waals surface area contributed by atoms with Crippen LogP contribution in [0.15, 0.2) is 6.07 Å². The van der Waals surface area contributed by atoms with Gasteiger partial charge in [0.2, 0.25) is 4.96 Å². The SMILES string of the molecule is Fc1cc(-c2nn3c(C(F)(F)F)nnc3s2)c(F)c(F)c1F. The van der Waals surface area contributed by atoms with Crippen molar-refractivity contribution in [1.82, 2.24) is 19.8 Å². The van der Waals surface area contributed by atoms with Gasteiger partial charge in [-0.2, -0.15) is 22.8 Å².